The van der Waals surface area contributed by atoms with E-state index in [2.05, 4.69) is 6.92 Å². The van der Waals surface area contributed by atoms with Crippen LogP contribution in [-0.2, 0) is 11.3 Å². The summed E-state index contributed by atoms with van der Waals surface area (Å²) in [7, 11) is 0. The van der Waals surface area contributed by atoms with Crippen LogP contribution >= 0.6 is 23.2 Å². The number of carbonyl (C=O) groups is 1. The zero-order chi connectivity index (χ0) is 17.8. The van der Waals surface area contributed by atoms with Gasteiger partial charge in [-0.05, 0) is 25.8 Å². The molecule has 0 N–H and O–H groups in total. The van der Waals surface area contributed by atoms with Crippen LogP contribution in [0.15, 0.2) is 30.3 Å². The van der Waals surface area contributed by atoms with E-state index in [1.807, 2.05) is 49.1 Å². The Bertz CT molecular complexity index is 540. The summed E-state index contributed by atoms with van der Waals surface area (Å²) in [4.78, 5) is 13.6. The maximum atomic E-state index is 13.1. The minimum atomic E-state index is -0.867. The summed E-state index contributed by atoms with van der Waals surface area (Å²) in [5, 5.41) is 0. The normalized spacial score (nSPS) is 24.6. The number of halogens is 2. The van der Waals surface area contributed by atoms with Crippen LogP contribution in [0.5, 0.6) is 0 Å². The fourth-order valence-electron chi connectivity index (χ4n) is 3.65. The molecule has 0 bridgehead atoms. The number of rotatable bonds is 8. The van der Waals surface area contributed by atoms with Gasteiger partial charge in [0.1, 0.15) is 4.87 Å². The van der Waals surface area contributed by atoms with Crippen molar-refractivity contribution in [3.63, 3.8) is 0 Å². The Hall–Kier alpha value is -0.730. The van der Waals surface area contributed by atoms with Gasteiger partial charge in [0.15, 0.2) is 0 Å². The molecule has 2 rings (SSSR count). The number of likely N-dealkylation sites (tertiary alicyclic amines) is 1. The molecule has 1 aliphatic rings. The molecule has 1 amide bonds. The van der Waals surface area contributed by atoms with Gasteiger partial charge in [-0.2, -0.15) is 0 Å². The summed E-state index contributed by atoms with van der Waals surface area (Å²) in [5.41, 5.74) is 1.13. The number of nitrogens with zero attached hydrogens (tertiary/aromatic N) is 1. The molecule has 1 aromatic rings. The van der Waals surface area contributed by atoms with E-state index < -0.39 is 9.75 Å². The van der Waals surface area contributed by atoms with E-state index in [1.165, 1.54) is 12.8 Å². The third-order valence-corrected chi connectivity index (χ3v) is 5.91. The molecule has 0 aromatic heterocycles. The molecule has 1 aromatic carbocycles. The third-order valence-electron chi connectivity index (χ3n) is 5.04. The highest BCUT2D eigenvalue weighted by atomic mass is 35.5. The molecule has 134 valence electrons. The number of benzene rings is 1. The van der Waals surface area contributed by atoms with E-state index in [1.54, 1.807) is 0 Å². The van der Waals surface area contributed by atoms with Crippen LogP contribution in [0.25, 0.3) is 0 Å². The SMILES string of the molecule is CCCCCC[C@]1(Cl)C(=O)N(Cc2ccccc2)C[C@H]1C(C)(C)Cl. The molecule has 1 saturated heterocycles. The molecular weight excluding hydrogens is 341 g/mol. The van der Waals surface area contributed by atoms with Crippen LogP contribution in [0, 0.1) is 5.92 Å². The van der Waals surface area contributed by atoms with Gasteiger partial charge in [0.2, 0.25) is 5.91 Å². The predicted molar refractivity (Wildman–Crippen MR) is 103 cm³/mol. The Morgan fingerprint density at radius 2 is 1.88 bits per heavy atom. The van der Waals surface area contributed by atoms with Gasteiger partial charge in [0, 0.05) is 23.9 Å². The first-order valence-corrected chi connectivity index (χ1v) is 9.75. The molecule has 0 saturated carbocycles. The highest BCUT2D eigenvalue weighted by Crippen LogP contribution is 2.47. The van der Waals surface area contributed by atoms with E-state index in [9.17, 15) is 4.79 Å². The van der Waals surface area contributed by atoms with E-state index >= 15 is 0 Å². The Morgan fingerprint density at radius 3 is 2.46 bits per heavy atom. The Balaban J connectivity index is 2.15. The fraction of sp³-hybridized carbons (Fsp3) is 0.650. The van der Waals surface area contributed by atoms with Crippen molar-refractivity contribution >= 4 is 29.1 Å². The first kappa shape index (κ1) is 19.6. The number of carbonyl (C=O) groups excluding carboxylic acids is 1. The summed E-state index contributed by atoms with van der Waals surface area (Å²) in [5.74, 6) is -0.00517. The summed E-state index contributed by atoms with van der Waals surface area (Å²) in [6, 6.07) is 10.1. The molecule has 24 heavy (non-hydrogen) atoms. The van der Waals surface area contributed by atoms with Gasteiger partial charge >= 0.3 is 0 Å². The highest BCUT2D eigenvalue weighted by molar-refractivity contribution is 6.37. The monoisotopic (exact) mass is 369 g/mol. The van der Waals surface area contributed by atoms with E-state index in [4.69, 9.17) is 23.2 Å². The lowest BCUT2D eigenvalue weighted by Crippen LogP contribution is -2.44. The van der Waals surface area contributed by atoms with Crippen molar-refractivity contribution in [1.82, 2.24) is 4.90 Å². The molecule has 0 aliphatic carbocycles. The summed E-state index contributed by atoms with van der Waals surface area (Å²) in [6.45, 7) is 7.36. The van der Waals surface area contributed by atoms with Crippen LogP contribution in [0.3, 0.4) is 0 Å². The lowest BCUT2D eigenvalue weighted by Gasteiger charge is -2.33. The fourth-order valence-corrected chi connectivity index (χ4v) is 4.56. The van der Waals surface area contributed by atoms with Gasteiger partial charge in [0.25, 0.3) is 0 Å². The molecular formula is C20H29Cl2NO. The molecule has 1 heterocycles. The number of hydrogen-bond acceptors (Lipinski definition) is 1. The van der Waals surface area contributed by atoms with Crippen LogP contribution in [-0.4, -0.2) is 27.1 Å². The number of amides is 1. The molecule has 2 nitrogen and oxygen atoms in total. The van der Waals surface area contributed by atoms with Crippen LogP contribution in [0.4, 0.5) is 0 Å². The zero-order valence-corrected chi connectivity index (χ0v) is 16.5. The molecule has 2 atom stereocenters. The molecule has 0 radical (unpaired) electrons. The van der Waals surface area contributed by atoms with Crippen molar-refractivity contribution in [3.8, 4) is 0 Å². The average Bonchev–Trinajstić information content (AvgIpc) is 2.78. The summed E-state index contributed by atoms with van der Waals surface area (Å²) < 4.78 is 0. The summed E-state index contributed by atoms with van der Waals surface area (Å²) >= 11 is 13.6. The van der Waals surface area contributed by atoms with Gasteiger partial charge in [-0.15, -0.1) is 23.2 Å². The molecule has 4 heteroatoms. The first-order chi connectivity index (χ1) is 11.3. The smallest absolute Gasteiger partial charge is 0.244 e. The second kappa shape index (κ2) is 8.10. The summed E-state index contributed by atoms with van der Waals surface area (Å²) in [6.07, 6.45) is 5.16. The maximum absolute atomic E-state index is 13.1. The van der Waals surface area contributed by atoms with E-state index in [-0.39, 0.29) is 11.8 Å². The van der Waals surface area contributed by atoms with Crippen molar-refractivity contribution in [1.29, 1.82) is 0 Å². The highest BCUT2D eigenvalue weighted by Gasteiger charge is 2.56. The average molecular weight is 370 g/mol. The van der Waals surface area contributed by atoms with Crippen molar-refractivity contribution < 1.29 is 4.79 Å². The lowest BCUT2D eigenvalue weighted by molar-refractivity contribution is -0.130. The van der Waals surface area contributed by atoms with Crippen LogP contribution in [0.1, 0.15) is 58.4 Å². The van der Waals surface area contributed by atoms with Gasteiger partial charge < -0.3 is 4.90 Å². The van der Waals surface area contributed by atoms with Crippen molar-refractivity contribution in [2.45, 2.75) is 69.2 Å². The maximum Gasteiger partial charge on any atom is 0.244 e. The Labute approximate surface area is 156 Å². The van der Waals surface area contributed by atoms with Crippen molar-refractivity contribution in [3.05, 3.63) is 35.9 Å². The molecule has 1 aliphatic heterocycles. The second-order valence-electron chi connectivity index (χ2n) is 7.46. The zero-order valence-electron chi connectivity index (χ0n) is 15.0. The van der Waals surface area contributed by atoms with Gasteiger partial charge in [-0.1, -0.05) is 62.9 Å². The van der Waals surface area contributed by atoms with Crippen LogP contribution in [0.2, 0.25) is 0 Å². The molecule has 0 unspecified atom stereocenters. The largest absolute Gasteiger partial charge is 0.336 e. The number of unbranched alkanes of at least 4 members (excludes halogenated alkanes) is 3. The van der Waals surface area contributed by atoms with Crippen molar-refractivity contribution in [2.24, 2.45) is 5.92 Å². The van der Waals surface area contributed by atoms with Crippen molar-refractivity contribution in [2.75, 3.05) is 6.54 Å². The van der Waals surface area contributed by atoms with Gasteiger partial charge in [-0.25, -0.2) is 0 Å². The number of hydrogen-bond donors (Lipinski definition) is 0. The lowest BCUT2D eigenvalue weighted by atomic mass is 9.81. The van der Waals surface area contributed by atoms with Crippen LogP contribution < -0.4 is 0 Å². The standard InChI is InChI=1S/C20H29Cl2NO/c1-4-5-6-10-13-20(22)17(19(2,3)21)15-23(18(20)24)14-16-11-8-7-9-12-16/h7-9,11-12,17H,4-6,10,13-15H2,1-3H3/t17-,20+/m0/s1. The first-order valence-electron chi connectivity index (χ1n) is 9.00. The second-order valence-corrected chi connectivity index (χ2v) is 9.11. The minimum absolute atomic E-state index is 0.0447. The van der Waals surface area contributed by atoms with E-state index in [0.29, 0.717) is 19.5 Å². The van der Waals surface area contributed by atoms with Gasteiger partial charge in [0.05, 0.1) is 0 Å². The predicted octanol–water partition coefficient (Wildman–Crippen LogP) is 5.61. The van der Waals surface area contributed by atoms with Gasteiger partial charge in [-0.3, -0.25) is 4.79 Å². The molecule has 1 fully saturated rings. The quantitative estimate of drug-likeness (QED) is 0.430. The topological polar surface area (TPSA) is 20.3 Å². The van der Waals surface area contributed by atoms with E-state index in [0.717, 1.165) is 18.4 Å². The Kier molecular flexibility index (Phi) is 6.61. The minimum Gasteiger partial charge on any atom is -0.336 e. The third kappa shape index (κ3) is 4.46. The number of alkyl halides is 2. The Morgan fingerprint density at radius 1 is 1.21 bits per heavy atom. The molecule has 0 spiro atoms.